The highest BCUT2D eigenvalue weighted by molar-refractivity contribution is 9.10. The number of ether oxygens (including phenoxy) is 1. The molecule has 19 heavy (non-hydrogen) atoms. The number of benzene rings is 1. The minimum absolute atomic E-state index is 0.746. The fourth-order valence-electron chi connectivity index (χ4n) is 2.65. The quantitative estimate of drug-likeness (QED) is 0.846. The van der Waals surface area contributed by atoms with Gasteiger partial charge in [0.15, 0.2) is 0 Å². The third kappa shape index (κ3) is 3.94. The molecule has 0 radical (unpaired) electrons. The van der Waals surface area contributed by atoms with Gasteiger partial charge in [-0.1, -0.05) is 6.07 Å². The average Bonchev–Trinajstić information content (AvgIpc) is 2.41. The Morgan fingerprint density at radius 1 is 1.32 bits per heavy atom. The fraction of sp³-hybridized carbons (Fsp3) is 0.600. The summed E-state index contributed by atoms with van der Waals surface area (Å²) in [5, 5.41) is 0. The Kier molecular flexibility index (Phi) is 5.25. The van der Waals surface area contributed by atoms with E-state index in [9.17, 15) is 0 Å². The number of rotatable bonds is 4. The van der Waals surface area contributed by atoms with Crippen LogP contribution in [0.4, 0.5) is 0 Å². The number of likely N-dealkylation sites (tertiary alicyclic amines) is 1. The van der Waals surface area contributed by atoms with Crippen LogP contribution in [-0.2, 0) is 6.54 Å². The molecule has 1 saturated heterocycles. The zero-order valence-electron chi connectivity index (χ0n) is 12.0. The predicted octanol–water partition coefficient (Wildman–Crippen LogP) is 2.98. The molecule has 0 atom stereocenters. The standard InChI is InChI=1S/C15H23BrN2O/c1-17(2)13-6-8-18(9-7-13)11-12-4-5-14(16)15(10-12)19-3/h4-5,10,13H,6-9,11H2,1-3H3. The van der Waals surface area contributed by atoms with E-state index in [0.717, 1.165) is 22.8 Å². The van der Waals surface area contributed by atoms with Crippen LogP contribution in [0.25, 0.3) is 0 Å². The minimum Gasteiger partial charge on any atom is -0.496 e. The molecule has 0 aromatic heterocycles. The van der Waals surface area contributed by atoms with Crippen molar-refractivity contribution in [2.45, 2.75) is 25.4 Å². The zero-order valence-corrected chi connectivity index (χ0v) is 13.6. The second-order valence-corrected chi connectivity index (χ2v) is 6.29. The van der Waals surface area contributed by atoms with Crippen molar-refractivity contribution in [1.29, 1.82) is 0 Å². The highest BCUT2D eigenvalue weighted by Gasteiger charge is 2.20. The first-order valence-electron chi connectivity index (χ1n) is 6.81. The molecule has 4 heteroatoms. The number of hydrogen-bond acceptors (Lipinski definition) is 3. The molecule has 1 aromatic rings. The van der Waals surface area contributed by atoms with Gasteiger partial charge in [0.2, 0.25) is 0 Å². The first kappa shape index (κ1) is 14.8. The molecular weight excluding hydrogens is 304 g/mol. The van der Waals surface area contributed by atoms with Gasteiger partial charge in [-0.2, -0.15) is 0 Å². The molecule has 106 valence electrons. The summed E-state index contributed by atoms with van der Waals surface area (Å²) in [7, 11) is 6.08. The van der Waals surface area contributed by atoms with E-state index >= 15 is 0 Å². The Morgan fingerprint density at radius 3 is 2.58 bits per heavy atom. The molecule has 3 nitrogen and oxygen atoms in total. The van der Waals surface area contributed by atoms with E-state index in [1.165, 1.54) is 31.5 Å². The number of halogens is 1. The van der Waals surface area contributed by atoms with Gasteiger partial charge in [-0.3, -0.25) is 4.90 Å². The second-order valence-electron chi connectivity index (χ2n) is 5.44. The van der Waals surface area contributed by atoms with Crippen molar-refractivity contribution in [3.05, 3.63) is 28.2 Å². The highest BCUT2D eigenvalue weighted by Crippen LogP contribution is 2.26. The van der Waals surface area contributed by atoms with Gasteiger partial charge >= 0.3 is 0 Å². The molecule has 1 aliphatic rings. The fourth-order valence-corrected chi connectivity index (χ4v) is 3.06. The van der Waals surface area contributed by atoms with Crippen LogP contribution in [0.2, 0.25) is 0 Å². The highest BCUT2D eigenvalue weighted by atomic mass is 79.9. The Hall–Kier alpha value is -0.580. The molecule has 1 aromatic carbocycles. The molecule has 0 unspecified atom stereocenters. The van der Waals surface area contributed by atoms with E-state index in [0.29, 0.717) is 0 Å². The van der Waals surface area contributed by atoms with Gasteiger partial charge in [0.1, 0.15) is 5.75 Å². The van der Waals surface area contributed by atoms with Gasteiger partial charge in [-0.05, 0) is 73.7 Å². The number of piperidine rings is 1. The summed E-state index contributed by atoms with van der Waals surface area (Å²) >= 11 is 3.50. The van der Waals surface area contributed by atoms with E-state index in [-0.39, 0.29) is 0 Å². The topological polar surface area (TPSA) is 15.7 Å². The lowest BCUT2D eigenvalue weighted by atomic mass is 10.0. The molecule has 0 saturated carbocycles. The van der Waals surface area contributed by atoms with Gasteiger partial charge in [0, 0.05) is 12.6 Å². The summed E-state index contributed by atoms with van der Waals surface area (Å²) in [5.74, 6) is 0.917. The van der Waals surface area contributed by atoms with Crippen molar-refractivity contribution in [2.75, 3.05) is 34.3 Å². The molecule has 1 aliphatic heterocycles. The first-order valence-corrected chi connectivity index (χ1v) is 7.60. The van der Waals surface area contributed by atoms with Gasteiger partial charge in [0.05, 0.1) is 11.6 Å². The monoisotopic (exact) mass is 326 g/mol. The summed E-state index contributed by atoms with van der Waals surface area (Å²) in [6.07, 6.45) is 2.53. The number of methoxy groups -OCH3 is 1. The molecule has 2 rings (SSSR count). The number of hydrogen-bond donors (Lipinski definition) is 0. The van der Waals surface area contributed by atoms with E-state index in [1.54, 1.807) is 7.11 Å². The van der Waals surface area contributed by atoms with Crippen molar-refractivity contribution in [2.24, 2.45) is 0 Å². The van der Waals surface area contributed by atoms with Crippen molar-refractivity contribution in [1.82, 2.24) is 9.80 Å². The van der Waals surface area contributed by atoms with E-state index in [1.807, 2.05) is 0 Å². The maximum atomic E-state index is 5.35. The lowest BCUT2D eigenvalue weighted by Gasteiger charge is -2.35. The zero-order chi connectivity index (χ0) is 13.8. The lowest BCUT2D eigenvalue weighted by Crippen LogP contribution is -2.41. The third-order valence-corrected chi connectivity index (χ3v) is 4.56. The largest absolute Gasteiger partial charge is 0.496 e. The second kappa shape index (κ2) is 6.73. The van der Waals surface area contributed by atoms with Crippen molar-refractivity contribution in [3.8, 4) is 5.75 Å². The van der Waals surface area contributed by atoms with Crippen molar-refractivity contribution in [3.63, 3.8) is 0 Å². The van der Waals surface area contributed by atoms with Gasteiger partial charge < -0.3 is 9.64 Å². The molecule has 1 fully saturated rings. The molecule has 1 heterocycles. The Morgan fingerprint density at radius 2 is 2.00 bits per heavy atom. The minimum atomic E-state index is 0.746. The molecule has 0 aliphatic carbocycles. The third-order valence-electron chi connectivity index (χ3n) is 3.91. The van der Waals surface area contributed by atoms with E-state index < -0.39 is 0 Å². The van der Waals surface area contributed by atoms with Crippen LogP contribution in [0.3, 0.4) is 0 Å². The van der Waals surface area contributed by atoms with Crippen molar-refractivity contribution >= 4 is 15.9 Å². The van der Waals surface area contributed by atoms with Crippen LogP contribution >= 0.6 is 15.9 Å². The first-order chi connectivity index (χ1) is 9.10. The summed E-state index contributed by atoms with van der Waals surface area (Å²) in [4.78, 5) is 4.88. The molecule has 0 N–H and O–H groups in total. The summed E-state index contributed by atoms with van der Waals surface area (Å²) in [6, 6.07) is 7.11. The van der Waals surface area contributed by atoms with Crippen LogP contribution in [0.15, 0.2) is 22.7 Å². The molecule has 0 amide bonds. The van der Waals surface area contributed by atoms with E-state index in [4.69, 9.17) is 4.74 Å². The summed E-state index contributed by atoms with van der Waals surface area (Å²) < 4.78 is 6.37. The Bertz CT molecular complexity index is 415. The molecular formula is C15H23BrN2O. The van der Waals surface area contributed by atoms with Gasteiger partial charge in [0.25, 0.3) is 0 Å². The summed E-state index contributed by atoms with van der Waals surface area (Å²) in [6.45, 7) is 3.38. The Labute approximate surface area is 124 Å². The molecule has 0 bridgehead atoms. The normalized spacial score (nSPS) is 17.9. The smallest absolute Gasteiger partial charge is 0.133 e. The maximum Gasteiger partial charge on any atom is 0.133 e. The van der Waals surface area contributed by atoms with Crippen molar-refractivity contribution < 1.29 is 4.74 Å². The summed E-state index contributed by atoms with van der Waals surface area (Å²) in [5.41, 5.74) is 1.32. The number of nitrogens with zero attached hydrogens (tertiary/aromatic N) is 2. The maximum absolute atomic E-state index is 5.35. The SMILES string of the molecule is COc1cc(CN2CCC(N(C)C)CC2)ccc1Br. The Balaban J connectivity index is 1.92. The van der Waals surface area contributed by atoms with Crippen LogP contribution in [0.5, 0.6) is 5.75 Å². The van der Waals surface area contributed by atoms with Crippen LogP contribution in [-0.4, -0.2) is 50.1 Å². The van der Waals surface area contributed by atoms with Crippen LogP contribution in [0, 0.1) is 0 Å². The van der Waals surface area contributed by atoms with Gasteiger partial charge in [-0.25, -0.2) is 0 Å². The van der Waals surface area contributed by atoms with Gasteiger partial charge in [-0.15, -0.1) is 0 Å². The lowest BCUT2D eigenvalue weighted by molar-refractivity contribution is 0.140. The van der Waals surface area contributed by atoms with Crippen LogP contribution in [0.1, 0.15) is 18.4 Å². The van der Waals surface area contributed by atoms with Crippen LogP contribution < -0.4 is 4.74 Å². The molecule has 0 spiro atoms. The average molecular weight is 327 g/mol. The van der Waals surface area contributed by atoms with E-state index in [2.05, 4.69) is 58.0 Å². The predicted molar refractivity (Wildman–Crippen MR) is 82.7 cm³/mol.